The molecule has 0 aromatic carbocycles. The number of anilines is 2. The third-order valence-electron chi connectivity index (χ3n) is 7.37. The summed E-state index contributed by atoms with van der Waals surface area (Å²) in [5.74, 6) is 1.81. The summed E-state index contributed by atoms with van der Waals surface area (Å²) in [5.41, 5.74) is 2.36. The Balaban J connectivity index is 1.35. The number of piperidine rings is 1. The van der Waals surface area contributed by atoms with E-state index in [-0.39, 0.29) is 17.6 Å². The number of rotatable bonds is 5. The van der Waals surface area contributed by atoms with Gasteiger partial charge in [-0.2, -0.15) is 5.10 Å². The van der Waals surface area contributed by atoms with Crippen molar-refractivity contribution in [2.45, 2.75) is 88.8 Å². The van der Waals surface area contributed by atoms with Gasteiger partial charge in [0.1, 0.15) is 18.0 Å². The molecule has 8 nitrogen and oxygen atoms in total. The Kier molecular flexibility index (Phi) is 6.39. The van der Waals surface area contributed by atoms with Crippen LogP contribution in [0, 0.1) is 0 Å². The van der Waals surface area contributed by atoms with E-state index in [4.69, 9.17) is 5.10 Å². The van der Waals surface area contributed by atoms with E-state index < -0.39 is 6.10 Å². The maximum atomic E-state index is 12.5. The second-order valence-corrected chi connectivity index (χ2v) is 9.47. The van der Waals surface area contributed by atoms with Gasteiger partial charge in [-0.3, -0.25) is 4.79 Å². The Bertz CT molecular complexity index is 993. The van der Waals surface area contributed by atoms with Crippen LogP contribution in [0.5, 0.6) is 0 Å². The molecule has 0 spiro atoms. The first-order valence-electron chi connectivity index (χ1n) is 12.3. The molecule has 2 aromatic heterocycles. The van der Waals surface area contributed by atoms with Crippen LogP contribution in [-0.2, 0) is 12.8 Å². The first-order chi connectivity index (χ1) is 15.7. The van der Waals surface area contributed by atoms with Crippen LogP contribution in [-0.4, -0.2) is 50.1 Å². The molecule has 3 atom stereocenters. The van der Waals surface area contributed by atoms with Crippen molar-refractivity contribution in [2.24, 2.45) is 0 Å². The zero-order chi connectivity index (χ0) is 21.9. The number of aliphatic hydroxyl groups is 1. The monoisotopic (exact) mass is 438 g/mol. The SMILES string of the molecule is O=c1ccc(N2CCCCC2CNc2ncnc3c2CCCCC3)nn1C1CCCC1O. The van der Waals surface area contributed by atoms with Gasteiger partial charge in [-0.15, -0.1) is 0 Å². The predicted octanol–water partition coefficient (Wildman–Crippen LogP) is 2.86. The van der Waals surface area contributed by atoms with E-state index in [1.807, 2.05) is 6.07 Å². The highest BCUT2D eigenvalue weighted by molar-refractivity contribution is 5.47. The van der Waals surface area contributed by atoms with Gasteiger partial charge in [0, 0.05) is 36.5 Å². The Morgan fingerprint density at radius 1 is 1.00 bits per heavy atom. The molecule has 0 radical (unpaired) electrons. The van der Waals surface area contributed by atoms with E-state index in [9.17, 15) is 9.90 Å². The molecule has 3 heterocycles. The summed E-state index contributed by atoms with van der Waals surface area (Å²) >= 11 is 0. The topological polar surface area (TPSA) is 96.2 Å². The third-order valence-corrected chi connectivity index (χ3v) is 7.37. The Labute approximate surface area is 189 Å². The lowest BCUT2D eigenvalue weighted by Gasteiger charge is -2.37. The van der Waals surface area contributed by atoms with Crippen LogP contribution in [0.4, 0.5) is 11.6 Å². The molecule has 0 amide bonds. The largest absolute Gasteiger partial charge is 0.391 e. The molecule has 0 bridgehead atoms. The van der Waals surface area contributed by atoms with Crippen molar-refractivity contribution in [2.75, 3.05) is 23.3 Å². The first-order valence-corrected chi connectivity index (χ1v) is 12.3. The highest BCUT2D eigenvalue weighted by Crippen LogP contribution is 2.30. The summed E-state index contributed by atoms with van der Waals surface area (Å²) in [4.78, 5) is 23.9. The average Bonchev–Trinajstić information content (AvgIpc) is 3.09. The van der Waals surface area contributed by atoms with Crippen molar-refractivity contribution in [3.63, 3.8) is 0 Å². The summed E-state index contributed by atoms with van der Waals surface area (Å²) in [7, 11) is 0. The quantitative estimate of drug-likeness (QED) is 0.693. The maximum Gasteiger partial charge on any atom is 0.267 e. The fraction of sp³-hybridized carbons (Fsp3) is 0.667. The van der Waals surface area contributed by atoms with Crippen molar-refractivity contribution in [3.05, 3.63) is 40.1 Å². The van der Waals surface area contributed by atoms with Crippen LogP contribution in [0.15, 0.2) is 23.3 Å². The van der Waals surface area contributed by atoms with E-state index in [1.165, 1.54) is 41.6 Å². The maximum absolute atomic E-state index is 12.5. The fourth-order valence-electron chi connectivity index (χ4n) is 5.59. The van der Waals surface area contributed by atoms with E-state index in [1.54, 1.807) is 12.4 Å². The second-order valence-electron chi connectivity index (χ2n) is 9.47. The Morgan fingerprint density at radius 3 is 2.78 bits per heavy atom. The molecule has 2 N–H and O–H groups in total. The first kappa shape index (κ1) is 21.4. The van der Waals surface area contributed by atoms with Crippen LogP contribution in [0.3, 0.4) is 0 Å². The summed E-state index contributed by atoms with van der Waals surface area (Å²) in [6.45, 7) is 1.71. The van der Waals surface area contributed by atoms with Gasteiger partial charge in [-0.1, -0.05) is 6.42 Å². The minimum atomic E-state index is -0.484. The minimum Gasteiger partial charge on any atom is -0.391 e. The summed E-state index contributed by atoms with van der Waals surface area (Å²) in [6, 6.07) is 3.53. The van der Waals surface area contributed by atoms with E-state index in [0.29, 0.717) is 0 Å². The van der Waals surface area contributed by atoms with Crippen LogP contribution in [0.1, 0.15) is 75.1 Å². The number of nitrogens with one attached hydrogen (secondary N) is 1. The molecule has 5 rings (SSSR count). The number of nitrogens with zero attached hydrogens (tertiary/aromatic N) is 5. The van der Waals surface area contributed by atoms with Gasteiger partial charge in [0.15, 0.2) is 0 Å². The van der Waals surface area contributed by atoms with Gasteiger partial charge in [-0.25, -0.2) is 14.6 Å². The van der Waals surface area contributed by atoms with Gasteiger partial charge < -0.3 is 15.3 Å². The minimum absolute atomic E-state index is 0.130. The molecule has 3 aliphatic rings. The molecular weight excluding hydrogens is 404 g/mol. The van der Waals surface area contributed by atoms with Gasteiger partial charge in [0.25, 0.3) is 5.56 Å². The fourth-order valence-corrected chi connectivity index (χ4v) is 5.59. The van der Waals surface area contributed by atoms with E-state index in [2.05, 4.69) is 20.2 Å². The van der Waals surface area contributed by atoms with Crippen molar-refractivity contribution < 1.29 is 5.11 Å². The number of hydrogen-bond acceptors (Lipinski definition) is 7. The molecule has 1 aliphatic heterocycles. The van der Waals surface area contributed by atoms with Crippen LogP contribution < -0.4 is 15.8 Å². The molecule has 2 aliphatic carbocycles. The molecule has 1 saturated carbocycles. The van der Waals surface area contributed by atoms with Crippen molar-refractivity contribution in [3.8, 4) is 0 Å². The van der Waals surface area contributed by atoms with Gasteiger partial charge >= 0.3 is 0 Å². The highest BCUT2D eigenvalue weighted by atomic mass is 16.3. The lowest BCUT2D eigenvalue weighted by molar-refractivity contribution is 0.127. The second kappa shape index (κ2) is 9.57. The van der Waals surface area contributed by atoms with Crippen molar-refractivity contribution in [1.29, 1.82) is 0 Å². The molecular formula is C24H34N6O2. The highest BCUT2D eigenvalue weighted by Gasteiger charge is 2.30. The molecule has 8 heteroatoms. The Morgan fingerprint density at radius 2 is 1.91 bits per heavy atom. The Hall–Kier alpha value is -2.48. The van der Waals surface area contributed by atoms with Crippen molar-refractivity contribution >= 4 is 11.6 Å². The average molecular weight is 439 g/mol. The number of aryl methyl sites for hydroxylation is 1. The molecule has 1 saturated heterocycles. The zero-order valence-corrected chi connectivity index (χ0v) is 18.7. The smallest absolute Gasteiger partial charge is 0.267 e. The van der Waals surface area contributed by atoms with Crippen LogP contribution in [0.2, 0.25) is 0 Å². The molecule has 172 valence electrons. The molecule has 32 heavy (non-hydrogen) atoms. The number of aromatic nitrogens is 4. The lowest BCUT2D eigenvalue weighted by Crippen LogP contribution is -2.45. The molecule has 2 fully saturated rings. The predicted molar refractivity (Wildman–Crippen MR) is 124 cm³/mol. The van der Waals surface area contributed by atoms with Crippen molar-refractivity contribution in [1.82, 2.24) is 19.7 Å². The molecule has 2 aromatic rings. The lowest BCUT2D eigenvalue weighted by atomic mass is 10.0. The molecule has 3 unspecified atom stereocenters. The summed E-state index contributed by atoms with van der Waals surface area (Å²) < 4.78 is 1.52. The van der Waals surface area contributed by atoms with Crippen LogP contribution >= 0.6 is 0 Å². The van der Waals surface area contributed by atoms with E-state index in [0.717, 1.165) is 69.7 Å². The number of fused-ring (bicyclic) bond motifs is 1. The zero-order valence-electron chi connectivity index (χ0n) is 18.7. The summed E-state index contributed by atoms with van der Waals surface area (Å²) in [5, 5.41) is 18.7. The summed E-state index contributed by atoms with van der Waals surface area (Å²) in [6.07, 6.45) is 12.8. The van der Waals surface area contributed by atoms with Gasteiger partial charge in [-0.05, 0) is 70.3 Å². The standard InChI is InChI=1S/C24H34N6O2/c31-21-11-6-10-20(21)30-23(32)13-12-22(28-30)29-14-5-4-7-17(29)15-25-24-18-8-2-1-3-9-19(18)26-16-27-24/h12-13,16-17,20-21,31H,1-11,14-15H2,(H,25,26,27). The normalized spacial score (nSPS) is 25.9. The van der Waals surface area contributed by atoms with Gasteiger partial charge in [0.05, 0.1) is 12.1 Å². The number of aliphatic hydroxyl groups excluding tert-OH is 1. The van der Waals surface area contributed by atoms with Gasteiger partial charge in [0.2, 0.25) is 0 Å². The third kappa shape index (κ3) is 4.37. The van der Waals surface area contributed by atoms with Crippen LogP contribution in [0.25, 0.3) is 0 Å². The number of hydrogen-bond donors (Lipinski definition) is 2. The van der Waals surface area contributed by atoms with E-state index >= 15 is 0 Å².